The molecule has 0 aliphatic heterocycles. The van der Waals surface area contributed by atoms with E-state index in [9.17, 15) is 0 Å². The number of nitrogens with zero attached hydrogens (tertiary/aromatic N) is 3. The fraction of sp³-hybridized carbons (Fsp3) is 0.0444. The van der Waals surface area contributed by atoms with Gasteiger partial charge in [0.05, 0.1) is 0 Å². The Bertz CT molecular complexity index is 2840. The molecule has 4 heteroatoms. The monoisotopic (exact) mass is 627 g/mol. The summed E-state index contributed by atoms with van der Waals surface area (Å²) in [6.45, 7) is 0. The Hall–Kier alpha value is -6.39. The number of aromatic nitrogens is 3. The minimum atomic E-state index is 0.655. The largest absolute Gasteiger partial charge is 0.456 e. The molecule has 4 nitrogen and oxygen atoms in total. The smallest absolute Gasteiger partial charge is 0.164 e. The first kappa shape index (κ1) is 27.7. The average molecular weight is 628 g/mol. The third-order valence-electron chi connectivity index (χ3n) is 9.81. The topological polar surface area (TPSA) is 51.8 Å². The molecule has 230 valence electrons. The zero-order valence-corrected chi connectivity index (χ0v) is 26.6. The quantitative estimate of drug-likeness (QED) is 0.182. The number of furan rings is 1. The Morgan fingerprint density at radius 3 is 1.69 bits per heavy atom. The molecule has 10 rings (SSSR count). The molecule has 1 aliphatic carbocycles. The first-order valence-corrected chi connectivity index (χ1v) is 16.8. The van der Waals surface area contributed by atoms with Crippen LogP contribution in [0.15, 0.2) is 150 Å². The van der Waals surface area contributed by atoms with Gasteiger partial charge < -0.3 is 4.42 Å². The summed E-state index contributed by atoms with van der Waals surface area (Å²) >= 11 is 0. The molecule has 49 heavy (non-hydrogen) atoms. The maximum Gasteiger partial charge on any atom is 0.164 e. The fourth-order valence-electron chi connectivity index (χ4n) is 7.61. The van der Waals surface area contributed by atoms with Crippen molar-refractivity contribution in [2.24, 2.45) is 0 Å². The Morgan fingerprint density at radius 2 is 0.959 bits per heavy atom. The van der Waals surface area contributed by atoms with E-state index in [0.29, 0.717) is 17.5 Å². The summed E-state index contributed by atoms with van der Waals surface area (Å²) in [6, 6.07) is 50.8. The summed E-state index contributed by atoms with van der Waals surface area (Å²) in [4.78, 5) is 15.5. The summed E-state index contributed by atoms with van der Waals surface area (Å²) < 4.78 is 6.87. The fourth-order valence-corrected chi connectivity index (χ4v) is 7.61. The van der Waals surface area contributed by atoms with E-state index in [0.717, 1.165) is 67.7 Å². The zero-order valence-electron chi connectivity index (χ0n) is 26.6. The molecule has 0 atom stereocenters. The molecule has 0 saturated heterocycles. The predicted octanol–water partition coefficient (Wildman–Crippen LogP) is 9.85. The van der Waals surface area contributed by atoms with E-state index in [1.807, 2.05) is 24.3 Å². The van der Waals surface area contributed by atoms with Crippen LogP contribution in [0.4, 0.5) is 0 Å². The lowest BCUT2D eigenvalue weighted by Gasteiger charge is -2.14. The SMILES string of the molecule is C1=c2oc3c(ccc4c5ccccc5c5ccccc5c43)c2=C(c2nc(-c3ccccc3)nc(-c3ccccc3-c3ccccc3)n2)CC1. The molecule has 0 fully saturated rings. The highest BCUT2D eigenvalue weighted by atomic mass is 16.3. The van der Waals surface area contributed by atoms with E-state index in [1.54, 1.807) is 0 Å². The van der Waals surface area contributed by atoms with Gasteiger partial charge in [0.1, 0.15) is 11.0 Å². The molecule has 0 saturated carbocycles. The van der Waals surface area contributed by atoms with Crippen LogP contribution >= 0.6 is 0 Å². The van der Waals surface area contributed by atoms with Gasteiger partial charge in [-0.2, -0.15) is 0 Å². The molecule has 0 N–H and O–H groups in total. The maximum atomic E-state index is 6.87. The first-order chi connectivity index (χ1) is 24.3. The number of benzene rings is 7. The summed E-state index contributed by atoms with van der Waals surface area (Å²) in [6.07, 6.45) is 3.86. The van der Waals surface area contributed by atoms with Crippen LogP contribution < -0.4 is 10.6 Å². The summed E-state index contributed by atoms with van der Waals surface area (Å²) in [7, 11) is 0. The molecule has 0 bridgehead atoms. The molecule has 7 aromatic carbocycles. The molecule has 0 radical (unpaired) electrons. The van der Waals surface area contributed by atoms with Crippen LogP contribution in [0.5, 0.6) is 0 Å². The number of rotatable bonds is 4. The Kier molecular flexibility index (Phi) is 6.28. The molecular weight excluding hydrogens is 599 g/mol. The van der Waals surface area contributed by atoms with Gasteiger partial charge in [-0.1, -0.05) is 140 Å². The Morgan fingerprint density at radius 1 is 0.429 bits per heavy atom. The van der Waals surface area contributed by atoms with E-state index >= 15 is 0 Å². The second-order valence-electron chi connectivity index (χ2n) is 12.6. The lowest BCUT2D eigenvalue weighted by Crippen LogP contribution is -2.27. The van der Waals surface area contributed by atoms with Gasteiger partial charge in [0.2, 0.25) is 0 Å². The van der Waals surface area contributed by atoms with Crippen molar-refractivity contribution in [3.8, 4) is 33.9 Å². The summed E-state index contributed by atoms with van der Waals surface area (Å²) in [5.74, 6) is 2.00. The first-order valence-electron chi connectivity index (χ1n) is 16.8. The van der Waals surface area contributed by atoms with Crippen molar-refractivity contribution in [2.75, 3.05) is 0 Å². The molecule has 0 unspecified atom stereocenters. The lowest BCUT2D eigenvalue weighted by molar-refractivity contribution is 0.574. The van der Waals surface area contributed by atoms with Crippen molar-refractivity contribution in [2.45, 2.75) is 12.8 Å². The van der Waals surface area contributed by atoms with E-state index in [-0.39, 0.29) is 0 Å². The third kappa shape index (κ3) is 4.41. The van der Waals surface area contributed by atoms with Crippen LogP contribution in [0.2, 0.25) is 0 Å². The van der Waals surface area contributed by atoms with E-state index < -0.39 is 0 Å². The molecule has 9 aromatic rings. The molecule has 0 spiro atoms. The van der Waals surface area contributed by atoms with Crippen molar-refractivity contribution < 1.29 is 4.42 Å². The Balaban J connectivity index is 1.29. The van der Waals surface area contributed by atoms with Crippen molar-refractivity contribution in [1.29, 1.82) is 0 Å². The predicted molar refractivity (Wildman–Crippen MR) is 200 cm³/mol. The van der Waals surface area contributed by atoms with Gasteiger partial charge in [-0.3, -0.25) is 0 Å². The van der Waals surface area contributed by atoms with Gasteiger partial charge in [-0.25, -0.2) is 15.0 Å². The maximum absolute atomic E-state index is 6.87. The Labute approximate surface area is 282 Å². The minimum Gasteiger partial charge on any atom is -0.456 e. The number of hydrogen-bond donors (Lipinski definition) is 0. The summed E-state index contributed by atoms with van der Waals surface area (Å²) in [5.41, 5.74) is 7.00. The number of fused-ring (bicyclic) bond motifs is 10. The van der Waals surface area contributed by atoms with Gasteiger partial charge in [0.15, 0.2) is 17.5 Å². The zero-order chi connectivity index (χ0) is 32.3. The molecule has 2 heterocycles. The van der Waals surface area contributed by atoms with Crippen molar-refractivity contribution >= 4 is 54.9 Å². The minimum absolute atomic E-state index is 0.655. The van der Waals surface area contributed by atoms with Crippen LogP contribution in [0, 0.1) is 0 Å². The van der Waals surface area contributed by atoms with Gasteiger partial charge in [-0.05, 0) is 63.0 Å². The van der Waals surface area contributed by atoms with Gasteiger partial charge in [0.25, 0.3) is 0 Å². The van der Waals surface area contributed by atoms with E-state index in [1.165, 1.54) is 26.9 Å². The highest BCUT2D eigenvalue weighted by Crippen LogP contribution is 2.39. The van der Waals surface area contributed by atoms with Gasteiger partial charge in [-0.15, -0.1) is 0 Å². The standard InChI is InChI=1S/C45H29N3O/c1-3-14-28(15-4-1)30-18-7-12-23-36(30)44-46-43(29-16-5-2-6-17-29)47-45(48-44)38-24-13-25-39-40(38)37-27-26-35-33-21-9-8-19-31(33)32-20-10-11-22-34(32)41(35)42(37)49-39/h1-12,14-23,25-27H,13,24H2. The van der Waals surface area contributed by atoms with Crippen LogP contribution in [0.1, 0.15) is 18.7 Å². The molecule has 0 amide bonds. The highest BCUT2D eigenvalue weighted by molar-refractivity contribution is 6.30. The number of hydrogen-bond acceptors (Lipinski definition) is 4. The highest BCUT2D eigenvalue weighted by Gasteiger charge is 2.22. The normalized spacial score (nSPS) is 12.9. The summed E-state index contributed by atoms with van der Waals surface area (Å²) in [5, 5.41) is 9.41. The van der Waals surface area contributed by atoms with Crippen molar-refractivity contribution in [3.63, 3.8) is 0 Å². The molecule has 1 aliphatic rings. The third-order valence-corrected chi connectivity index (χ3v) is 9.81. The van der Waals surface area contributed by atoms with E-state index in [2.05, 4.69) is 127 Å². The van der Waals surface area contributed by atoms with Crippen LogP contribution in [0.25, 0.3) is 88.8 Å². The van der Waals surface area contributed by atoms with Crippen molar-refractivity contribution in [3.05, 3.63) is 162 Å². The van der Waals surface area contributed by atoms with Crippen molar-refractivity contribution in [1.82, 2.24) is 15.0 Å². The van der Waals surface area contributed by atoms with Gasteiger partial charge >= 0.3 is 0 Å². The average Bonchev–Trinajstić information content (AvgIpc) is 3.58. The molecule has 2 aromatic heterocycles. The second kappa shape index (κ2) is 11.1. The van der Waals surface area contributed by atoms with Crippen LogP contribution in [-0.4, -0.2) is 15.0 Å². The lowest BCUT2D eigenvalue weighted by atomic mass is 9.92. The van der Waals surface area contributed by atoms with E-state index in [4.69, 9.17) is 19.4 Å². The van der Waals surface area contributed by atoms with Crippen LogP contribution in [-0.2, 0) is 0 Å². The second-order valence-corrected chi connectivity index (χ2v) is 12.6. The van der Waals surface area contributed by atoms with Crippen LogP contribution in [0.3, 0.4) is 0 Å². The van der Waals surface area contributed by atoms with Gasteiger partial charge in [0, 0.05) is 32.7 Å². The molecular formula is C45H29N3O.